The summed E-state index contributed by atoms with van der Waals surface area (Å²) in [5, 5.41) is 1.84. The highest BCUT2D eigenvalue weighted by Gasteiger charge is 2.24. The van der Waals surface area contributed by atoms with E-state index in [0.717, 1.165) is 27.2 Å². The summed E-state index contributed by atoms with van der Waals surface area (Å²) in [5.41, 5.74) is 8.76. The van der Waals surface area contributed by atoms with E-state index < -0.39 is 0 Å². The van der Waals surface area contributed by atoms with Gasteiger partial charge in [0, 0.05) is 36.1 Å². The Balaban J connectivity index is 0.00000324. The van der Waals surface area contributed by atoms with Crippen LogP contribution in [0.3, 0.4) is 0 Å². The number of aryl methyl sites for hydroxylation is 5. The molecule has 178 valence electrons. The molecule has 0 radical (unpaired) electrons. The number of fused-ring (bicyclic) bond motifs is 1. The van der Waals surface area contributed by atoms with Crippen LogP contribution in [0.5, 0.6) is 0 Å². The van der Waals surface area contributed by atoms with Gasteiger partial charge in [-0.3, -0.25) is 4.98 Å². The largest absolute Gasteiger partial charge is 0.462 e. The molecule has 2 aromatic heterocycles. The minimum atomic E-state index is -0.339. The first-order valence-corrected chi connectivity index (χ1v) is 12.1. The Morgan fingerprint density at radius 2 is 1.74 bits per heavy atom. The molecule has 0 bridgehead atoms. The van der Waals surface area contributed by atoms with E-state index in [-0.39, 0.29) is 18.4 Å². The molecule has 2 heterocycles. The Bertz CT molecular complexity index is 1360. The number of nitrogens with zero attached hydrogens (tertiary/aromatic N) is 3. The van der Waals surface area contributed by atoms with Gasteiger partial charge in [-0.05, 0) is 74.6 Å². The summed E-state index contributed by atoms with van der Waals surface area (Å²) in [4.78, 5) is 22.7. The number of halogens is 1. The van der Waals surface area contributed by atoms with Gasteiger partial charge in [0.25, 0.3) is 0 Å². The highest BCUT2D eigenvalue weighted by atomic mass is 35.5. The highest BCUT2D eigenvalue weighted by molar-refractivity contribution is 7.98. The van der Waals surface area contributed by atoms with Gasteiger partial charge < -0.3 is 9.30 Å². The van der Waals surface area contributed by atoms with Gasteiger partial charge in [0.1, 0.15) is 0 Å². The van der Waals surface area contributed by atoms with Crippen molar-refractivity contribution < 1.29 is 9.53 Å². The van der Waals surface area contributed by atoms with Crippen LogP contribution in [0.2, 0.25) is 0 Å². The number of imidazole rings is 1. The fourth-order valence-corrected chi connectivity index (χ4v) is 4.80. The van der Waals surface area contributed by atoms with E-state index in [4.69, 9.17) is 9.72 Å². The van der Waals surface area contributed by atoms with Gasteiger partial charge in [-0.15, -0.1) is 12.4 Å². The molecule has 0 spiro atoms. The molecule has 0 aliphatic heterocycles. The number of hydrogen-bond donors (Lipinski definition) is 0. The molecule has 0 amide bonds. The lowest BCUT2D eigenvalue weighted by atomic mass is 9.91. The number of esters is 1. The third-order valence-electron chi connectivity index (χ3n) is 6.07. The average Bonchev–Trinajstić information content (AvgIpc) is 3.19. The average molecular weight is 496 g/mol. The summed E-state index contributed by atoms with van der Waals surface area (Å²) in [7, 11) is 1.96. The maximum absolute atomic E-state index is 13.3. The van der Waals surface area contributed by atoms with E-state index in [1.54, 1.807) is 18.0 Å². The van der Waals surface area contributed by atoms with Crippen molar-refractivity contribution in [3.63, 3.8) is 0 Å². The van der Waals surface area contributed by atoms with Crippen LogP contribution < -0.4 is 0 Å². The van der Waals surface area contributed by atoms with Gasteiger partial charge in [0.15, 0.2) is 5.16 Å². The smallest absolute Gasteiger partial charge is 0.340 e. The van der Waals surface area contributed by atoms with E-state index in [2.05, 4.69) is 63.0 Å². The molecule has 4 rings (SSSR count). The van der Waals surface area contributed by atoms with Crippen LogP contribution in [0.1, 0.15) is 45.2 Å². The first-order chi connectivity index (χ1) is 15.8. The molecule has 0 saturated heterocycles. The van der Waals surface area contributed by atoms with Gasteiger partial charge >= 0.3 is 5.97 Å². The fourth-order valence-electron chi connectivity index (χ4n) is 3.92. The van der Waals surface area contributed by atoms with Crippen molar-refractivity contribution in [2.75, 3.05) is 6.61 Å². The molecule has 0 saturated carbocycles. The zero-order valence-corrected chi connectivity index (χ0v) is 22.1. The van der Waals surface area contributed by atoms with E-state index in [9.17, 15) is 4.79 Å². The molecule has 34 heavy (non-hydrogen) atoms. The van der Waals surface area contributed by atoms with Crippen molar-refractivity contribution in [1.29, 1.82) is 0 Å². The maximum Gasteiger partial charge on any atom is 0.340 e. The Morgan fingerprint density at radius 3 is 2.38 bits per heavy atom. The molecular formula is C27H30ClN3O2S. The van der Waals surface area contributed by atoms with Crippen LogP contribution >= 0.6 is 24.2 Å². The van der Waals surface area contributed by atoms with Gasteiger partial charge in [-0.25, -0.2) is 9.78 Å². The van der Waals surface area contributed by atoms with E-state index >= 15 is 0 Å². The van der Waals surface area contributed by atoms with Crippen molar-refractivity contribution >= 4 is 41.0 Å². The lowest BCUT2D eigenvalue weighted by Gasteiger charge is -2.18. The first-order valence-electron chi connectivity index (χ1n) is 11.1. The Labute approximate surface area is 211 Å². The van der Waals surface area contributed by atoms with Gasteiger partial charge in [0.05, 0.1) is 23.4 Å². The standard InChI is InChI=1S/C27H29N3O2S.ClH/c1-7-32-26(31)25-23(15-33-27-28-10-11-30(27)6)29-22-14-19(5)18(4)13-21(22)24(25)20-9-8-16(2)17(3)12-20;/h8-14H,7,15H2,1-6H3;1H. The first kappa shape index (κ1) is 25.8. The molecule has 0 atom stereocenters. The predicted octanol–water partition coefficient (Wildman–Crippen LogP) is 6.76. The second-order valence-electron chi connectivity index (χ2n) is 8.39. The second-order valence-corrected chi connectivity index (χ2v) is 9.33. The SMILES string of the molecule is CCOC(=O)c1c(CSc2nccn2C)nc2cc(C)c(C)cc2c1-c1ccc(C)c(C)c1.Cl. The molecule has 0 unspecified atom stereocenters. The predicted molar refractivity (Wildman–Crippen MR) is 142 cm³/mol. The summed E-state index contributed by atoms with van der Waals surface area (Å²) in [6.07, 6.45) is 3.68. The molecule has 0 aliphatic carbocycles. The van der Waals surface area contributed by atoms with Crippen LogP contribution in [0.4, 0.5) is 0 Å². The van der Waals surface area contributed by atoms with E-state index in [1.165, 1.54) is 22.3 Å². The molecule has 7 heteroatoms. The fraction of sp³-hybridized carbons (Fsp3) is 0.296. The van der Waals surface area contributed by atoms with E-state index in [0.29, 0.717) is 23.6 Å². The Hall–Kier alpha value is -2.83. The molecular weight excluding hydrogens is 466 g/mol. The summed E-state index contributed by atoms with van der Waals surface area (Å²) in [6.45, 7) is 10.5. The number of carbonyl (C=O) groups is 1. The van der Waals surface area contributed by atoms with Crippen LogP contribution in [-0.4, -0.2) is 27.1 Å². The number of ether oxygens (including phenoxy) is 1. The quantitative estimate of drug-likeness (QED) is 0.218. The minimum absolute atomic E-state index is 0. The highest BCUT2D eigenvalue weighted by Crippen LogP contribution is 2.37. The number of hydrogen-bond acceptors (Lipinski definition) is 5. The molecule has 4 aromatic rings. The summed E-state index contributed by atoms with van der Waals surface area (Å²) < 4.78 is 7.51. The molecule has 0 N–H and O–H groups in total. The number of rotatable bonds is 6. The number of aromatic nitrogens is 3. The summed E-state index contributed by atoms with van der Waals surface area (Å²) >= 11 is 1.56. The maximum atomic E-state index is 13.3. The number of thioether (sulfide) groups is 1. The number of carbonyl (C=O) groups excluding carboxylic acids is 1. The Morgan fingerprint density at radius 1 is 1.03 bits per heavy atom. The van der Waals surface area contributed by atoms with Crippen LogP contribution in [0.25, 0.3) is 22.0 Å². The monoisotopic (exact) mass is 495 g/mol. The van der Waals surface area contributed by atoms with Crippen LogP contribution in [-0.2, 0) is 17.5 Å². The van der Waals surface area contributed by atoms with Crippen molar-refractivity contribution in [1.82, 2.24) is 14.5 Å². The summed E-state index contributed by atoms with van der Waals surface area (Å²) in [5.74, 6) is 0.175. The molecule has 5 nitrogen and oxygen atoms in total. The van der Waals surface area contributed by atoms with Crippen LogP contribution in [0, 0.1) is 27.7 Å². The molecule has 0 aliphatic rings. The van der Waals surface area contributed by atoms with Crippen LogP contribution in [0.15, 0.2) is 47.9 Å². The van der Waals surface area contributed by atoms with E-state index in [1.807, 2.05) is 24.7 Å². The van der Waals surface area contributed by atoms with Gasteiger partial charge in [0.2, 0.25) is 0 Å². The zero-order chi connectivity index (χ0) is 23.7. The van der Waals surface area contributed by atoms with Crippen molar-refractivity contribution in [3.05, 3.63) is 76.2 Å². The molecule has 2 aromatic carbocycles. The Kier molecular flexibility index (Phi) is 8.05. The molecule has 0 fully saturated rings. The lowest BCUT2D eigenvalue weighted by Crippen LogP contribution is -2.12. The number of pyridine rings is 1. The van der Waals surface area contributed by atoms with Gasteiger partial charge in [-0.2, -0.15) is 0 Å². The lowest BCUT2D eigenvalue weighted by molar-refractivity contribution is 0.0526. The van der Waals surface area contributed by atoms with Crippen molar-refractivity contribution in [2.45, 2.75) is 45.5 Å². The third kappa shape index (κ3) is 4.98. The van der Waals surface area contributed by atoms with Gasteiger partial charge in [-0.1, -0.05) is 30.0 Å². The summed E-state index contributed by atoms with van der Waals surface area (Å²) in [6, 6.07) is 10.6. The van der Waals surface area contributed by atoms with Crippen molar-refractivity contribution in [3.8, 4) is 11.1 Å². The van der Waals surface area contributed by atoms with Crippen molar-refractivity contribution in [2.24, 2.45) is 7.05 Å². The normalized spacial score (nSPS) is 10.9. The topological polar surface area (TPSA) is 57.0 Å². The zero-order valence-electron chi connectivity index (χ0n) is 20.4. The third-order valence-corrected chi connectivity index (χ3v) is 7.13. The number of benzene rings is 2. The minimum Gasteiger partial charge on any atom is -0.462 e. The second kappa shape index (κ2) is 10.6.